The Kier molecular flexibility index (Phi) is 3.40. The molecule has 0 fully saturated rings. The first-order chi connectivity index (χ1) is 9.56. The van der Waals surface area contributed by atoms with Crippen LogP contribution in [0.1, 0.15) is 21.7 Å². The average molecular weight is 350 g/mol. The number of rotatable bonds is 2. The molecule has 1 heterocycles. The van der Waals surface area contributed by atoms with Gasteiger partial charge in [0.2, 0.25) is 5.78 Å². The van der Waals surface area contributed by atoms with Gasteiger partial charge in [-0.25, -0.2) is 0 Å². The molecule has 3 aromatic rings. The Hall–Kier alpha value is -1.58. The number of fused-ring (bicyclic) bond motifs is 1. The van der Waals surface area contributed by atoms with Gasteiger partial charge in [0.05, 0.1) is 0 Å². The molecular weight excluding hydrogens is 340 g/mol. The van der Waals surface area contributed by atoms with Crippen molar-refractivity contribution in [3.8, 4) is 0 Å². The lowest BCUT2D eigenvalue weighted by Gasteiger charge is -2.04. The highest BCUT2D eigenvalue weighted by molar-refractivity contribution is 9.10. The first-order valence-electron chi connectivity index (χ1n) is 6.05. The van der Waals surface area contributed by atoms with Crippen molar-refractivity contribution in [3.05, 3.63) is 68.8 Å². The predicted octanol–water partition coefficient (Wildman–Crippen LogP) is 5.39. The maximum atomic E-state index is 12.5. The van der Waals surface area contributed by atoms with Crippen molar-refractivity contribution in [1.82, 2.24) is 0 Å². The zero-order chi connectivity index (χ0) is 14.3. The fraction of sp³-hybridized carbons (Fsp3) is 0.0625. The van der Waals surface area contributed by atoms with Crippen LogP contribution in [-0.2, 0) is 0 Å². The van der Waals surface area contributed by atoms with E-state index in [0.29, 0.717) is 21.9 Å². The summed E-state index contributed by atoms with van der Waals surface area (Å²) in [7, 11) is 0. The molecule has 1 aromatic heterocycles. The molecule has 0 aliphatic carbocycles. The van der Waals surface area contributed by atoms with Crippen molar-refractivity contribution in [2.45, 2.75) is 6.92 Å². The van der Waals surface area contributed by atoms with E-state index in [0.717, 1.165) is 15.4 Å². The molecule has 4 heteroatoms. The van der Waals surface area contributed by atoms with Crippen LogP contribution in [0.25, 0.3) is 11.0 Å². The van der Waals surface area contributed by atoms with Crippen LogP contribution in [0.4, 0.5) is 0 Å². The van der Waals surface area contributed by atoms with Gasteiger partial charge in [0.25, 0.3) is 0 Å². The highest BCUT2D eigenvalue weighted by Crippen LogP contribution is 2.27. The molecular formula is C16H10BrClO2. The van der Waals surface area contributed by atoms with E-state index in [2.05, 4.69) is 15.9 Å². The fourth-order valence-corrected chi connectivity index (χ4v) is 2.66. The van der Waals surface area contributed by atoms with Crippen molar-refractivity contribution in [3.63, 3.8) is 0 Å². The number of carbonyl (C=O) groups excluding carboxylic acids is 1. The van der Waals surface area contributed by atoms with Gasteiger partial charge in [-0.1, -0.05) is 39.7 Å². The van der Waals surface area contributed by atoms with Crippen molar-refractivity contribution in [2.24, 2.45) is 0 Å². The minimum Gasteiger partial charge on any atom is -0.453 e. The second kappa shape index (κ2) is 5.08. The normalized spacial score (nSPS) is 10.9. The lowest BCUT2D eigenvalue weighted by molar-refractivity contribution is 0.101. The number of hydrogen-bond acceptors (Lipinski definition) is 2. The third-order valence-electron chi connectivity index (χ3n) is 3.21. The second-order valence-electron chi connectivity index (χ2n) is 4.53. The van der Waals surface area contributed by atoms with E-state index in [4.69, 9.17) is 16.0 Å². The maximum absolute atomic E-state index is 12.5. The topological polar surface area (TPSA) is 30.2 Å². The summed E-state index contributed by atoms with van der Waals surface area (Å²) in [5, 5.41) is 1.45. The molecule has 3 rings (SSSR count). The van der Waals surface area contributed by atoms with Gasteiger partial charge in [0, 0.05) is 20.4 Å². The van der Waals surface area contributed by atoms with Gasteiger partial charge in [0.15, 0.2) is 5.76 Å². The Bertz CT molecular complexity index is 820. The average Bonchev–Trinajstić information content (AvgIpc) is 2.84. The Morgan fingerprint density at radius 1 is 1.20 bits per heavy atom. The van der Waals surface area contributed by atoms with E-state index in [1.54, 1.807) is 30.3 Å². The zero-order valence-electron chi connectivity index (χ0n) is 10.6. The molecule has 0 unspecified atom stereocenters. The van der Waals surface area contributed by atoms with Gasteiger partial charge in [-0.2, -0.15) is 0 Å². The van der Waals surface area contributed by atoms with Crippen LogP contribution in [0.2, 0.25) is 5.02 Å². The third kappa shape index (κ3) is 2.28. The van der Waals surface area contributed by atoms with E-state index < -0.39 is 0 Å². The Morgan fingerprint density at radius 3 is 2.80 bits per heavy atom. The maximum Gasteiger partial charge on any atom is 0.228 e. The third-order valence-corrected chi connectivity index (χ3v) is 4.31. The minimum absolute atomic E-state index is 0.129. The Morgan fingerprint density at radius 2 is 2.00 bits per heavy atom. The van der Waals surface area contributed by atoms with Crippen molar-refractivity contribution in [2.75, 3.05) is 0 Å². The van der Waals surface area contributed by atoms with Crippen LogP contribution in [0, 0.1) is 6.92 Å². The molecule has 0 saturated carbocycles. The summed E-state index contributed by atoms with van der Waals surface area (Å²) < 4.78 is 6.52. The highest BCUT2D eigenvalue weighted by atomic mass is 79.9. The largest absolute Gasteiger partial charge is 0.453 e. The van der Waals surface area contributed by atoms with Crippen molar-refractivity contribution >= 4 is 44.3 Å². The van der Waals surface area contributed by atoms with Crippen LogP contribution < -0.4 is 0 Å². The van der Waals surface area contributed by atoms with Crippen LogP contribution in [0.5, 0.6) is 0 Å². The van der Waals surface area contributed by atoms with E-state index >= 15 is 0 Å². The van der Waals surface area contributed by atoms with Crippen LogP contribution in [-0.4, -0.2) is 5.78 Å². The van der Waals surface area contributed by atoms with Crippen LogP contribution >= 0.6 is 27.5 Å². The van der Waals surface area contributed by atoms with Gasteiger partial charge < -0.3 is 4.42 Å². The van der Waals surface area contributed by atoms with Gasteiger partial charge in [-0.3, -0.25) is 4.79 Å². The molecule has 20 heavy (non-hydrogen) atoms. The molecule has 0 aliphatic rings. The predicted molar refractivity (Wildman–Crippen MR) is 83.5 cm³/mol. The molecule has 0 spiro atoms. The van der Waals surface area contributed by atoms with E-state index in [1.807, 2.05) is 19.1 Å². The van der Waals surface area contributed by atoms with E-state index in [1.165, 1.54) is 0 Å². The van der Waals surface area contributed by atoms with Crippen LogP contribution in [0.15, 0.2) is 51.4 Å². The fourth-order valence-electron chi connectivity index (χ4n) is 2.11. The Labute approximate surface area is 129 Å². The standard InChI is InChI=1S/C16H10BrClO2/c1-9-12(3-2-4-13(9)17)16(19)15-8-10-7-11(18)5-6-14(10)20-15/h2-8H,1H3. The zero-order valence-corrected chi connectivity index (χ0v) is 13.0. The Balaban J connectivity index is 2.10. The number of hydrogen-bond donors (Lipinski definition) is 0. The lowest BCUT2D eigenvalue weighted by atomic mass is 10.0. The summed E-state index contributed by atoms with van der Waals surface area (Å²) in [4.78, 5) is 12.5. The number of furan rings is 1. The van der Waals surface area contributed by atoms with Gasteiger partial charge in [0.1, 0.15) is 5.58 Å². The van der Waals surface area contributed by atoms with Crippen molar-refractivity contribution in [1.29, 1.82) is 0 Å². The first kappa shape index (κ1) is 13.4. The smallest absolute Gasteiger partial charge is 0.228 e. The molecule has 2 nitrogen and oxygen atoms in total. The number of benzene rings is 2. The first-order valence-corrected chi connectivity index (χ1v) is 7.22. The number of ketones is 1. The number of halogens is 2. The lowest BCUT2D eigenvalue weighted by Crippen LogP contribution is -2.02. The molecule has 0 bridgehead atoms. The quantitative estimate of drug-likeness (QED) is 0.581. The molecule has 0 N–H and O–H groups in total. The molecule has 0 radical (unpaired) electrons. The molecule has 2 aromatic carbocycles. The highest BCUT2D eigenvalue weighted by Gasteiger charge is 2.17. The van der Waals surface area contributed by atoms with Gasteiger partial charge in [-0.05, 0) is 42.8 Å². The summed E-state index contributed by atoms with van der Waals surface area (Å²) in [6.45, 7) is 1.90. The summed E-state index contributed by atoms with van der Waals surface area (Å²) in [6, 6.07) is 12.6. The SMILES string of the molecule is Cc1c(Br)cccc1C(=O)c1cc2cc(Cl)ccc2o1. The van der Waals surface area contributed by atoms with Crippen LogP contribution in [0.3, 0.4) is 0 Å². The van der Waals surface area contributed by atoms with Crippen molar-refractivity contribution < 1.29 is 9.21 Å². The minimum atomic E-state index is -0.129. The summed E-state index contributed by atoms with van der Waals surface area (Å²) in [5.74, 6) is 0.194. The summed E-state index contributed by atoms with van der Waals surface area (Å²) in [6.07, 6.45) is 0. The van der Waals surface area contributed by atoms with E-state index in [9.17, 15) is 4.79 Å². The second-order valence-corrected chi connectivity index (χ2v) is 5.83. The molecule has 100 valence electrons. The molecule has 0 atom stereocenters. The summed E-state index contributed by atoms with van der Waals surface area (Å²) >= 11 is 9.37. The molecule has 0 saturated heterocycles. The molecule has 0 amide bonds. The van der Waals surface area contributed by atoms with Gasteiger partial charge >= 0.3 is 0 Å². The number of carbonyl (C=O) groups is 1. The monoisotopic (exact) mass is 348 g/mol. The summed E-state index contributed by atoms with van der Waals surface area (Å²) in [5.41, 5.74) is 2.19. The van der Waals surface area contributed by atoms with Gasteiger partial charge in [-0.15, -0.1) is 0 Å². The molecule has 0 aliphatic heterocycles. The van der Waals surface area contributed by atoms with E-state index in [-0.39, 0.29) is 5.78 Å².